The smallest absolute Gasteiger partial charge is 0.253 e. The number of hydrogen-bond donors (Lipinski definition) is 1. The Balaban J connectivity index is 1.87. The van der Waals surface area contributed by atoms with E-state index in [0.29, 0.717) is 18.1 Å². The van der Waals surface area contributed by atoms with Gasteiger partial charge in [0.25, 0.3) is 5.91 Å². The van der Waals surface area contributed by atoms with Crippen LogP contribution in [0.4, 0.5) is 4.39 Å². The highest BCUT2D eigenvalue weighted by atomic mass is 19.1. The van der Waals surface area contributed by atoms with Crippen LogP contribution < -0.4 is 5.90 Å². The summed E-state index contributed by atoms with van der Waals surface area (Å²) in [5.74, 6) is 5.24. The quantitative estimate of drug-likeness (QED) is 0.848. The number of benzene rings is 1. The van der Waals surface area contributed by atoms with Crippen LogP contribution in [-0.4, -0.2) is 30.5 Å². The fourth-order valence-electron chi connectivity index (χ4n) is 2.43. The maximum Gasteiger partial charge on any atom is 0.253 e. The lowest BCUT2D eigenvalue weighted by molar-refractivity contribution is 0.0651. The van der Waals surface area contributed by atoms with E-state index in [0.717, 1.165) is 32.4 Å². The number of carbonyl (C=O) groups is 1. The van der Waals surface area contributed by atoms with Gasteiger partial charge in [0.2, 0.25) is 0 Å². The van der Waals surface area contributed by atoms with Crippen LogP contribution in [-0.2, 0) is 4.84 Å². The summed E-state index contributed by atoms with van der Waals surface area (Å²) in [6, 6.07) is 5.70. The Morgan fingerprint density at radius 1 is 1.32 bits per heavy atom. The van der Waals surface area contributed by atoms with Gasteiger partial charge in [-0.25, -0.2) is 10.3 Å². The second-order valence-corrected chi connectivity index (χ2v) is 4.90. The molecule has 19 heavy (non-hydrogen) atoms. The van der Waals surface area contributed by atoms with Crippen molar-refractivity contribution in [2.75, 3.05) is 19.7 Å². The molecule has 0 aromatic heterocycles. The topological polar surface area (TPSA) is 55.6 Å². The van der Waals surface area contributed by atoms with E-state index in [1.807, 2.05) is 4.90 Å². The molecular weight excluding hydrogens is 247 g/mol. The average Bonchev–Trinajstić information content (AvgIpc) is 2.46. The maximum absolute atomic E-state index is 12.8. The molecule has 1 heterocycles. The fourth-order valence-corrected chi connectivity index (χ4v) is 2.43. The molecule has 1 fully saturated rings. The molecule has 0 saturated carbocycles. The summed E-state index contributed by atoms with van der Waals surface area (Å²) < 4.78 is 12.8. The van der Waals surface area contributed by atoms with Crippen molar-refractivity contribution in [2.24, 2.45) is 11.8 Å². The van der Waals surface area contributed by atoms with E-state index in [1.54, 1.807) is 0 Å². The number of piperidine rings is 1. The van der Waals surface area contributed by atoms with Gasteiger partial charge >= 0.3 is 0 Å². The lowest BCUT2D eigenvalue weighted by atomic mass is 9.93. The molecule has 0 unspecified atom stereocenters. The lowest BCUT2D eigenvalue weighted by Crippen LogP contribution is -2.38. The zero-order valence-electron chi connectivity index (χ0n) is 10.8. The molecule has 1 aliphatic heterocycles. The minimum atomic E-state index is -0.322. The molecule has 4 nitrogen and oxygen atoms in total. The first-order chi connectivity index (χ1) is 9.20. The Morgan fingerprint density at radius 2 is 1.95 bits per heavy atom. The Bertz CT molecular complexity index is 414. The van der Waals surface area contributed by atoms with Crippen LogP contribution in [0.3, 0.4) is 0 Å². The van der Waals surface area contributed by atoms with Gasteiger partial charge in [-0.3, -0.25) is 4.79 Å². The van der Waals surface area contributed by atoms with Crippen molar-refractivity contribution in [2.45, 2.75) is 19.3 Å². The van der Waals surface area contributed by atoms with E-state index in [9.17, 15) is 9.18 Å². The maximum atomic E-state index is 12.8. The average molecular weight is 266 g/mol. The minimum absolute atomic E-state index is 0.0199. The highest BCUT2D eigenvalue weighted by Gasteiger charge is 2.23. The minimum Gasteiger partial charge on any atom is -0.339 e. The van der Waals surface area contributed by atoms with Crippen molar-refractivity contribution in [1.29, 1.82) is 0 Å². The number of nitrogens with two attached hydrogens (primary N) is 1. The second kappa shape index (κ2) is 6.63. The molecule has 0 spiro atoms. The SMILES string of the molecule is NOCCC1CCN(C(=O)c2ccc(F)cc2)CC1. The highest BCUT2D eigenvalue weighted by Crippen LogP contribution is 2.21. The first-order valence-electron chi connectivity index (χ1n) is 6.57. The summed E-state index contributed by atoms with van der Waals surface area (Å²) in [5.41, 5.74) is 0.546. The van der Waals surface area contributed by atoms with Crippen LogP contribution >= 0.6 is 0 Å². The highest BCUT2D eigenvalue weighted by molar-refractivity contribution is 5.94. The Hall–Kier alpha value is -1.46. The number of likely N-dealkylation sites (tertiary alicyclic amines) is 1. The van der Waals surface area contributed by atoms with Crippen LogP contribution in [0.1, 0.15) is 29.6 Å². The van der Waals surface area contributed by atoms with Gasteiger partial charge in [0, 0.05) is 18.7 Å². The summed E-state index contributed by atoms with van der Waals surface area (Å²) in [6.45, 7) is 2.05. The standard InChI is InChI=1S/C14H19FN2O2/c15-13-3-1-12(2-4-13)14(18)17-8-5-11(6-9-17)7-10-19-16/h1-4,11H,5-10,16H2. The molecule has 0 radical (unpaired) electrons. The first-order valence-corrected chi connectivity index (χ1v) is 6.57. The van der Waals surface area contributed by atoms with E-state index in [1.165, 1.54) is 24.3 Å². The van der Waals surface area contributed by atoms with Gasteiger partial charge in [0.05, 0.1) is 6.61 Å². The van der Waals surface area contributed by atoms with Gasteiger partial charge in [-0.05, 0) is 49.4 Å². The van der Waals surface area contributed by atoms with Crippen molar-refractivity contribution in [3.05, 3.63) is 35.6 Å². The first kappa shape index (κ1) is 14.0. The Morgan fingerprint density at radius 3 is 2.53 bits per heavy atom. The van der Waals surface area contributed by atoms with Crippen molar-refractivity contribution in [3.63, 3.8) is 0 Å². The van der Waals surface area contributed by atoms with Gasteiger partial charge in [0.15, 0.2) is 0 Å². The third-order valence-electron chi connectivity index (χ3n) is 3.64. The second-order valence-electron chi connectivity index (χ2n) is 4.90. The van der Waals surface area contributed by atoms with Gasteiger partial charge in [0.1, 0.15) is 5.82 Å². The van der Waals surface area contributed by atoms with Gasteiger partial charge < -0.3 is 9.74 Å². The number of rotatable bonds is 4. The Kier molecular flexibility index (Phi) is 4.87. The van der Waals surface area contributed by atoms with E-state index < -0.39 is 0 Å². The Labute approximate surface area is 112 Å². The molecule has 5 heteroatoms. The molecule has 104 valence electrons. The molecule has 1 aromatic carbocycles. The van der Waals surface area contributed by atoms with Gasteiger partial charge in [-0.15, -0.1) is 0 Å². The molecule has 1 saturated heterocycles. The normalized spacial score (nSPS) is 16.6. The zero-order valence-corrected chi connectivity index (χ0v) is 10.8. The molecule has 0 aliphatic carbocycles. The van der Waals surface area contributed by atoms with Crippen LogP contribution in [0.25, 0.3) is 0 Å². The van der Waals surface area contributed by atoms with Crippen LogP contribution in [0.2, 0.25) is 0 Å². The molecule has 1 amide bonds. The van der Waals surface area contributed by atoms with E-state index >= 15 is 0 Å². The van der Waals surface area contributed by atoms with Crippen LogP contribution in [0, 0.1) is 11.7 Å². The summed E-state index contributed by atoms with van der Waals surface area (Å²) >= 11 is 0. The molecule has 1 aliphatic rings. The third kappa shape index (κ3) is 3.75. The van der Waals surface area contributed by atoms with E-state index in [4.69, 9.17) is 5.90 Å². The van der Waals surface area contributed by atoms with Crippen molar-refractivity contribution >= 4 is 5.91 Å². The number of nitrogens with zero attached hydrogens (tertiary/aromatic N) is 1. The largest absolute Gasteiger partial charge is 0.339 e. The molecule has 1 aromatic rings. The van der Waals surface area contributed by atoms with Crippen molar-refractivity contribution < 1.29 is 14.0 Å². The predicted molar refractivity (Wildman–Crippen MR) is 69.8 cm³/mol. The molecule has 0 bridgehead atoms. The van der Waals surface area contributed by atoms with Gasteiger partial charge in [-0.1, -0.05) is 0 Å². The predicted octanol–water partition coefficient (Wildman–Crippen LogP) is 1.96. The van der Waals surface area contributed by atoms with Gasteiger partial charge in [-0.2, -0.15) is 0 Å². The summed E-state index contributed by atoms with van der Waals surface area (Å²) in [6.07, 6.45) is 2.88. The van der Waals surface area contributed by atoms with Crippen molar-refractivity contribution in [1.82, 2.24) is 4.90 Å². The van der Waals surface area contributed by atoms with Crippen LogP contribution in [0.5, 0.6) is 0 Å². The van der Waals surface area contributed by atoms with Crippen LogP contribution in [0.15, 0.2) is 24.3 Å². The molecule has 2 N–H and O–H groups in total. The number of hydrogen-bond acceptors (Lipinski definition) is 3. The fraction of sp³-hybridized carbons (Fsp3) is 0.500. The molecule has 0 atom stereocenters. The van der Waals surface area contributed by atoms with E-state index in [-0.39, 0.29) is 11.7 Å². The summed E-state index contributed by atoms with van der Waals surface area (Å²) in [5, 5.41) is 0. The number of halogens is 1. The summed E-state index contributed by atoms with van der Waals surface area (Å²) in [7, 11) is 0. The summed E-state index contributed by atoms with van der Waals surface area (Å²) in [4.78, 5) is 18.6. The monoisotopic (exact) mass is 266 g/mol. The number of amides is 1. The third-order valence-corrected chi connectivity index (χ3v) is 3.64. The lowest BCUT2D eigenvalue weighted by Gasteiger charge is -2.32. The zero-order chi connectivity index (χ0) is 13.7. The molecular formula is C14H19FN2O2. The van der Waals surface area contributed by atoms with E-state index in [2.05, 4.69) is 4.84 Å². The molecule has 2 rings (SSSR count). The number of carbonyl (C=O) groups excluding carboxylic acids is 1. The van der Waals surface area contributed by atoms with Crippen molar-refractivity contribution in [3.8, 4) is 0 Å².